The highest BCUT2D eigenvalue weighted by Crippen LogP contribution is 2.17. The lowest BCUT2D eigenvalue weighted by Gasteiger charge is -2.11. The van der Waals surface area contributed by atoms with Gasteiger partial charge in [-0.1, -0.05) is 37.3 Å². The van der Waals surface area contributed by atoms with E-state index in [0.29, 0.717) is 29.0 Å². The van der Waals surface area contributed by atoms with E-state index in [-0.39, 0.29) is 24.3 Å². The van der Waals surface area contributed by atoms with Crippen molar-refractivity contribution < 1.29 is 14.4 Å². The van der Waals surface area contributed by atoms with Crippen molar-refractivity contribution in [2.45, 2.75) is 19.8 Å². The molecule has 0 fully saturated rings. The van der Waals surface area contributed by atoms with Crippen LogP contribution in [-0.4, -0.2) is 24.3 Å². The molecule has 0 aromatic heterocycles. The zero-order chi connectivity index (χ0) is 22.8. The van der Waals surface area contributed by atoms with Gasteiger partial charge in [-0.25, -0.2) is 0 Å². The summed E-state index contributed by atoms with van der Waals surface area (Å²) in [6, 6.07) is 23.1. The monoisotopic (exact) mass is 430 g/mol. The summed E-state index contributed by atoms with van der Waals surface area (Å²) in [5.41, 5.74) is 3.11. The van der Waals surface area contributed by atoms with Crippen molar-refractivity contribution in [1.29, 1.82) is 0 Å². The first-order valence-electron chi connectivity index (χ1n) is 10.4. The van der Waals surface area contributed by atoms with Crippen LogP contribution in [0.1, 0.15) is 30.1 Å². The smallest absolute Gasteiger partial charge is 0.255 e. The average Bonchev–Trinajstić information content (AvgIpc) is 2.79. The standard InChI is InChI=1S/C25H26N4O3/c1-2-8-23(30)27-20-12-6-11-19(15-20)26-17-24(31)28-21-13-7-14-22(16-21)29-25(32)18-9-4-3-5-10-18/h3-7,9-16,26H,2,8,17H2,1H3,(H,27,30)(H,28,31)(H,29,32). The van der Waals surface area contributed by atoms with Gasteiger partial charge >= 0.3 is 0 Å². The predicted molar refractivity (Wildman–Crippen MR) is 128 cm³/mol. The molecule has 0 radical (unpaired) electrons. The van der Waals surface area contributed by atoms with Crippen molar-refractivity contribution in [2.75, 3.05) is 27.8 Å². The number of rotatable bonds is 9. The molecule has 7 nitrogen and oxygen atoms in total. The Hall–Kier alpha value is -4.13. The third-order valence-electron chi connectivity index (χ3n) is 4.52. The quantitative estimate of drug-likeness (QED) is 0.394. The molecule has 3 aromatic rings. The van der Waals surface area contributed by atoms with Gasteiger partial charge < -0.3 is 21.3 Å². The van der Waals surface area contributed by atoms with E-state index in [1.807, 2.05) is 19.1 Å². The molecule has 0 saturated carbocycles. The summed E-state index contributed by atoms with van der Waals surface area (Å²) in [7, 11) is 0. The SMILES string of the molecule is CCCC(=O)Nc1cccc(NCC(=O)Nc2cccc(NC(=O)c3ccccc3)c2)c1. The number of benzene rings is 3. The van der Waals surface area contributed by atoms with Crippen LogP contribution in [0.3, 0.4) is 0 Å². The maximum absolute atomic E-state index is 12.4. The zero-order valence-electron chi connectivity index (χ0n) is 17.9. The molecule has 0 aliphatic rings. The van der Waals surface area contributed by atoms with E-state index < -0.39 is 0 Å². The molecule has 3 rings (SSSR count). The Morgan fingerprint density at radius 1 is 0.656 bits per heavy atom. The van der Waals surface area contributed by atoms with Gasteiger partial charge in [-0.05, 0) is 55.0 Å². The van der Waals surface area contributed by atoms with Crippen molar-refractivity contribution >= 4 is 40.5 Å². The van der Waals surface area contributed by atoms with Crippen LogP contribution in [0.15, 0.2) is 78.9 Å². The van der Waals surface area contributed by atoms with Gasteiger partial charge in [-0.2, -0.15) is 0 Å². The second-order valence-electron chi connectivity index (χ2n) is 7.18. The van der Waals surface area contributed by atoms with Crippen LogP contribution in [0.4, 0.5) is 22.7 Å². The second kappa shape index (κ2) is 11.3. The molecular formula is C25H26N4O3. The highest BCUT2D eigenvalue weighted by atomic mass is 16.2. The van der Waals surface area contributed by atoms with Crippen molar-refractivity contribution in [3.05, 3.63) is 84.4 Å². The summed E-state index contributed by atoms with van der Waals surface area (Å²) in [5.74, 6) is -0.500. The summed E-state index contributed by atoms with van der Waals surface area (Å²) >= 11 is 0. The van der Waals surface area contributed by atoms with Gasteiger partial charge in [0.1, 0.15) is 0 Å². The van der Waals surface area contributed by atoms with Crippen molar-refractivity contribution in [3.8, 4) is 0 Å². The fourth-order valence-electron chi connectivity index (χ4n) is 3.01. The van der Waals surface area contributed by atoms with Crippen molar-refractivity contribution in [1.82, 2.24) is 0 Å². The fraction of sp³-hybridized carbons (Fsp3) is 0.160. The molecule has 0 aliphatic carbocycles. The van der Waals surface area contributed by atoms with Crippen molar-refractivity contribution in [2.24, 2.45) is 0 Å². The zero-order valence-corrected chi connectivity index (χ0v) is 17.9. The molecule has 164 valence electrons. The largest absolute Gasteiger partial charge is 0.376 e. The highest BCUT2D eigenvalue weighted by molar-refractivity contribution is 6.04. The fourth-order valence-corrected chi connectivity index (χ4v) is 3.01. The maximum atomic E-state index is 12.4. The minimum atomic E-state index is -0.239. The Kier molecular flexibility index (Phi) is 7.97. The minimum absolute atomic E-state index is 0.0402. The van der Waals surface area contributed by atoms with Crippen LogP contribution in [0, 0.1) is 0 Å². The molecule has 0 unspecified atom stereocenters. The van der Waals surface area contributed by atoms with Gasteiger partial charge in [0.2, 0.25) is 11.8 Å². The minimum Gasteiger partial charge on any atom is -0.376 e. The first-order valence-corrected chi connectivity index (χ1v) is 10.4. The average molecular weight is 431 g/mol. The van der Waals surface area contributed by atoms with Crippen molar-refractivity contribution in [3.63, 3.8) is 0 Å². The summed E-state index contributed by atoms with van der Waals surface area (Å²) in [4.78, 5) is 36.4. The second-order valence-corrected chi connectivity index (χ2v) is 7.18. The highest BCUT2D eigenvalue weighted by Gasteiger charge is 2.08. The molecule has 0 aliphatic heterocycles. The van der Waals surface area contributed by atoms with Gasteiger partial charge in [-0.15, -0.1) is 0 Å². The molecule has 0 bridgehead atoms. The number of hydrogen-bond donors (Lipinski definition) is 4. The van der Waals surface area contributed by atoms with Gasteiger partial charge in [0, 0.05) is 34.7 Å². The molecule has 3 aromatic carbocycles. The molecule has 0 atom stereocenters. The number of nitrogens with one attached hydrogen (secondary N) is 4. The number of hydrogen-bond acceptors (Lipinski definition) is 4. The van der Waals surface area contributed by atoms with Crippen LogP contribution in [0.5, 0.6) is 0 Å². The Morgan fingerprint density at radius 3 is 1.88 bits per heavy atom. The first-order chi connectivity index (χ1) is 15.5. The predicted octanol–water partition coefficient (Wildman–Crippen LogP) is 4.73. The van der Waals surface area contributed by atoms with Crippen LogP contribution in [-0.2, 0) is 9.59 Å². The Balaban J connectivity index is 1.53. The van der Waals surface area contributed by atoms with Gasteiger partial charge in [0.15, 0.2) is 0 Å². The molecule has 0 saturated heterocycles. The molecule has 0 heterocycles. The Bertz CT molecular complexity index is 1080. The van der Waals surface area contributed by atoms with Gasteiger partial charge in [0.05, 0.1) is 6.54 Å². The number of anilines is 4. The number of carbonyl (C=O) groups excluding carboxylic acids is 3. The van der Waals surface area contributed by atoms with E-state index in [1.54, 1.807) is 66.7 Å². The molecule has 0 spiro atoms. The van der Waals surface area contributed by atoms with Crippen LogP contribution >= 0.6 is 0 Å². The van der Waals surface area contributed by atoms with Crippen LogP contribution in [0.2, 0.25) is 0 Å². The van der Waals surface area contributed by atoms with E-state index in [9.17, 15) is 14.4 Å². The van der Waals surface area contributed by atoms with E-state index in [4.69, 9.17) is 0 Å². The molecule has 3 amide bonds. The number of amides is 3. The third kappa shape index (κ3) is 6.98. The molecule has 7 heteroatoms. The lowest BCUT2D eigenvalue weighted by molar-refractivity contribution is -0.116. The first kappa shape index (κ1) is 22.6. The van der Waals surface area contributed by atoms with E-state index >= 15 is 0 Å². The van der Waals surface area contributed by atoms with E-state index in [0.717, 1.165) is 12.1 Å². The topological polar surface area (TPSA) is 99.3 Å². The van der Waals surface area contributed by atoms with Crippen LogP contribution < -0.4 is 21.3 Å². The molecular weight excluding hydrogens is 404 g/mol. The van der Waals surface area contributed by atoms with Gasteiger partial charge in [-0.3, -0.25) is 14.4 Å². The summed E-state index contributed by atoms with van der Waals surface area (Å²) in [6.07, 6.45) is 1.24. The summed E-state index contributed by atoms with van der Waals surface area (Å²) in [6.45, 7) is 2.00. The lowest BCUT2D eigenvalue weighted by atomic mass is 10.2. The normalized spacial score (nSPS) is 10.2. The van der Waals surface area contributed by atoms with Crippen LogP contribution in [0.25, 0.3) is 0 Å². The third-order valence-corrected chi connectivity index (χ3v) is 4.52. The Labute approximate surface area is 187 Å². The lowest BCUT2D eigenvalue weighted by Crippen LogP contribution is -2.22. The van der Waals surface area contributed by atoms with E-state index in [2.05, 4.69) is 21.3 Å². The van der Waals surface area contributed by atoms with Gasteiger partial charge in [0.25, 0.3) is 5.91 Å². The summed E-state index contributed by atoms with van der Waals surface area (Å²) < 4.78 is 0. The molecule has 32 heavy (non-hydrogen) atoms. The Morgan fingerprint density at radius 2 is 1.22 bits per heavy atom. The van der Waals surface area contributed by atoms with E-state index in [1.165, 1.54) is 0 Å². The molecule has 4 N–H and O–H groups in total. The summed E-state index contributed by atoms with van der Waals surface area (Å²) in [5, 5.41) is 11.5. The number of carbonyl (C=O) groups is 3. The maximum Gasteiger partial charge on any atom is 0.255 e.